The number of nitrogens with one attached hydrogen (secondary N) is 1. The van der Waals surface area contributed by atoms with Crippen LogP contribution in [0.25, 0.3) is 0 Å². The van der Waals surface area contributed by atoms with Crippen molar-refractivity contribution in [3.05, 3.63) is 66.0 Å². The summed E-state index contributed by atoms with van der Waals surface area (Å²) < 4.78 is 0. The molecule has 3 rings (SSSR count). The summed E-state index contributed by atoms with van der Waals surface area (Å²) in [7, 11) is 0. The van der Waals surface area contributed by atoms with Crippen LogP contribution in [0.3, 0.4) is 0 Å². The monoisotopic (exact) mass is 293 g/mol. The molecule has 1 saturated carbocycles. The normalized spacial score (nSPS) is 19.8. The van der Waals surface area contributed by atoms with Gasteiger partial charge < -0.3 is 0 Å². The van der Waals surface area contributed by atoms with Gasteiger partial charge in [0.25, 0.3) is 5.91 Å². The summed E-state index contributed by atoms with van der Waals surface area (Å²) in [6, 6.07) is 15.6. The van der Waals surface area contributed by atoms with Crippen LogP contribution in [-0.2, 0) is 0 Å². The van der Waals surface area contributed by atoms with Crippen molar-refractivity contribution >= 4 is 11.6 Å². The molecule has 1 atom stereocenters. The Morgan fingerprint density at radius 2 is 1.91 bits per heavy atom. The molecule has 22 heavy (non-hydrogen) atoms. The molecule has 112 valence electrons. The van der Waals surface area contributed by atoms with Gasteiger partial charge in [0, 0.05) is 17.8 Å². The molecule has 1 heterocycles. The first-order chi connectivity index (χ1) is 10.8. The molecule has 1 aromatic carbocycles. The van der Waals surface area contributed by atoms with E-state index in [4.69, 9.17) is 0 Å². The molecule has 1 aliphatic carbocycles. The number of benzene rings is 1. The summed E-state index contributed by atoms with van der Waals surface area (Å²) in [4.78, 5) is 16.1. The van der Waals surface area contributed by atoms with Crippen molar-refractivity contribution in [2.75, 3.05) is 0 Å². The van der Waals surface area contributed by atoms with Crippen molar-refractivity contribution in [1.82, 2.24) is 10.4 Å². The first kappa shape index (κ1) is 14.4. The quantitative estimate of drug-likeness (QED) is 0.880. The number of rotatable bonds is 3. The second kappa shape index (κ2) is 6.98. The van der Waals surface area contributed by atoms with Crippen LogP contribution in [0, 0.1) is 0 Å². The average Bonchev–Trinajstić information content (AvgIpc) is 2.61. The van der Waals surface area contributed by atoms with E-state index in [1.165, 1.54) is 12.0 Å². The highest BCUT2D eigenvalue weighted by atomic mass is 16.2. The maximum Gasteiger partial charge on any atom is 0.289 e. The molecule has 0 saturated heterocycles. The summed E-state index contributed by atoms with van der Waals surface area (Å²) in [6.07, 6.45) is 5.95. The van der Waals surface area contributed by atoms with E-state index in [1.807, 2.05) is 18.2 Å². The van der Waals surface area contributed by atoms with Gasteiger partial charge in [0.2, 0.25) is 0 Å². The number of hydrogen-bond acceptors (Lipinski definition) is 3. The second-order valence-corrected chi connectivity index (χ2v) is 5.47. The maximum atomic E-state index is 12.0. The zero-order valence-electron chi connectivity index (χ0n) is 12.4. The van der Waals surface area contributed by atoms with Crippen LogP contribution in [0.5, 0.6) is 0 Å². The molecule has 0 bridgehead atoms. The molecule has 0 spiro atoms. The summed E-state index contributed by atoms with van der Waals surface area (Å²) in [6.45, 7) is 0. The number of hydrazone groups is 1. The second-order valence-electron chi connectivity index (χ2n) is 5.47. The van der Waals surface area contributed by atoms with Crippen molar-refractivity contribution in [3.63, 3.8) is 0 Å². The summed E-state index contributed by atoms with van der Waals surface area (Å²) in [5.41, 5.74) is 5.37. The van der Waals surface area contributed by atoms with Gasteiger partial charge in [0.05, 0.1) is 0 Å². The van der Waals surface area contributed by atoms with E-state index < -0.39 is 0 Å². The lowest BCUT2D eigenvalue weighted by Crippen LogP contribution is -2.25. The lowest BCUT2D eigenvalue weighted by atomic mass is 9.82. The molecule has 0 radical (unpaired) electrons. The predicted molar refractivity (Wildman–Crippen MR) is 86.8 cm³/mol. The van der Waals surface area contributed by atoms with Crippen LogP contribution in [0.15, 0.2) is 59.8 Å². The fourth-order valence-corrected chi connectivity index (χ4v) is 2.85. The molecule has 4 heteroatoms. The molecular formula is C18H19N3O. The number of pyridine rings is 1. The average molecular weight is 293 g/mol. The SMILES string of the molecule is O=C(N/N=C1/CCCC[C@@H]1c1ccccc1)c1ccccn1. The van der Waals surface area contributed by atoms with E-state index in [1.54, 1.807) is 24.4 Å². The smallest absolute Gasteiger partial charge is 0.266 e. The van der Waals surface area contributed by atoms with Gasteiger partial charge in [-0.3, -0.25) is 9.78 Å². The minimum absolute atomic E-state index is 0.259. The van der Waals surface area contributed by atoms with E-state index in [0.717, 1.165) is 25.0 Å². The van der Waals surface area contributed by atoms with Gasteiger partial charge in [-0.15, -0.1) is 0 Å². The van der Waals surface area contributed by atoms with E-state index in [0.29, 0.717) is 11.6 Å². The maximum absolute atomic E-state index is 12.0. The van der Waals surface area contributed by atoms with Crippen LogP contribution in [0.2, 0.25) is 0 Å². The van der Waals surface area contributed by atoms with Gasteiger partial charge in [0.1, 0.15) is 5.69 Å². The highest BCUT2D eigenvalue weighted by Gasteiger charge is 2.22. The Morgan fingerprint density at radius 3 is 2.68 bits per heavy atom. The third-order valence-electron chi connectivity index (χ3n) is 3.98. The molecule has 1 amide bonds. The van der Waals surface area contributed by atoms with Crippen molar-refractivity contribution in [2.45, 2.75) is 31.6 Å². The van der Waals surface area contributed by atoms with Gasteiger partial charge in [-0.05, 0) is 37.0 Å². The minimum Gasteiger partial charge on any atom is -0.266 e. The number of carbonyl (C=O) groups is 1. The van der Waals surface area contributed by atoms with Crippen LogP contribution in [-0.4, -0.2) is 16.6 Å². The van der Waals surface area contributed by atoms with E-state index in [2.05, 4.69) is 27.6 Å². The third kappa shape index (κ3) is 3.39. The summed E-state index contributed by atoms with van der Waals surface area (Å²) in [5, 5.41) is 4.39. The molecule has 1 aromatic heterocycles. The predicted octanol–water partition coefficient (Wildman–Crippen LogP) is 3.53. The Labute approximate surface area is 130 Å². The van der Waals surface area contributed by atoms with Crippen LogP contribution < -0.4 is 5.43 Å². The highest BCUT2D eigenvalue weighted by molar-refractivity contribution is 5.95. The summed E-state index contributed by atoms with van der Waals surface area (Å²) >= 11 is 0. The Bertz CT molecular complexity index is 653. The van der Waals surface area contributed by atoms with Gasteiger partial charge in [0.15, 0.2) is 0 Å². The number of carbonyl (C=O) groups excluding carboxylic acids is 1. The third-order valence-corrected chi connectivity index (χ3v) is 3.98. The molecule has 0 aliphatic heterocycles. The Balaban J connectivity index is 1.75. The fraction of sp³-hybridized carbons (Fsp3) is 0.278. The van der Waals surface area contributed by atoms with Crippen molar-refractivity contribution < 1.29 is 4.79 Å². The molecule has 0 unspecified atom stereocenters. The largest absolute Gasteiger partial charge is 0.289 e. The van der Waals surface area contributed by atoms with Crippen molar-refractivity contribution in [3.8, 4) is 0 Å². The van der Waals surface area contributed by atoms with E-state index in [-0.39, 0.29) is 5.91 Å². The topological polar surface area (TPSA) is 54.4 Å². The molecule has 4 nitrogen and oxygen atoms in total. The molecule has 1 aliphatic rings. The number of amides is 1. The van der Waals surface area contributed by atoms with Gasteiger partial charge >= 0.3 is 0 Å². The lowest BCUT2D eigenvalue weighted by molar-refractivity contribution is 0.0949. The zero-order chi connectivity index (χ0) is 15.2. The Hall–Kier alpha value is -2.49. The molecule has 2 aromatic rings. The minimum atomic E-state index is -0.259. The van der Waals surface area contributed by atoms with Gasteiger partial charge in [-0.25, -0.2) is 5.43 Å². The number of aromatic nitrogens is 1. The van der Waals surface area contributed by atoms with Gasteiger partial charge in [-0.1, -0.05) is 42.8 Å². The Morgan fingerprint density at radius 1 is 1.09 bits per heavy atom. The van der Waals surface area contributed by atoms with Crippen LogP contribution in [0.4, 0.5) is 0 Å². The van der Waals surface area contributed by atoms with Crippen molar-refractivity contribution in [1.29, 1.82) is 0 Å². The fourth-order valence-electron chi connectivity index (χ4n) is 2.85. The lowest BCUT2D eigenvalue weighted by Gasteiger charge is -2.24. The molecular weight excluding hydrogens is 274 g/mol. The van der Waals surface area contributed by atoms with Gasteiger partial charge in [-0.2, -0.15) is 5.10 Å². The number of nitrogens with zero attached hydrogens (tertiary/aromatic N) is 2. The highest BCUT2D eigenvalue weighted by Crippen LogP contribution is 2.30. The first-order valence-electron chi connectivity index (χ1n) is 7.67. The number of hydrogen-bond donors (Lipinski definition) is 1. The molecule has 1 N–H and O–H groups in total. The van der Waals surface area contributed by atoms with Crippen molar-refractivity contribution in [2.24, 2.45) is 5.10 Å². The van der Waals surface area contributed by atoms with Crippen LogP contribution >= 0.6 is 0 Å². The van der Waals surface area contributed by atoms with E-state index in [9.17, 15) is 4.79 Å². The zero-order valence-corrected chi connectivity index (χ0v) is 12.4. The Kier molecular flexibility index (Phi) is 4.59. The molecule has 1 fully saturated rings. The first-order valence-corrected chi connectivity index (χ1v) is 7.67. The standard InChI is InChI=1S/C18H19N3O/c22-18(17-12-6-7-13-19-17)21-20-16-11-5-4-10-15(16)14-8-2-1-3-9-14/h1-3,6-9,12-13,15H,4-5,10-11H2,(H,21,22)/b20-16-/t15-/m1/s1. The summed E-state index contributed by atoms with van der Waals surface area (Å²) in [5.74, 6) is 0.0458. The van der Waals surface area contributed by atoms with E-state index >= 15 is 0 Å². The van der Waals surface area contributed by atoms with Crippen LogP contribution in [0.1, 0.15) is 47.7 Å².